The predicted octanol–water partition coefficient (Wildman–Crippen LogP) is 3.82. The highest BCUT2D eigenvalue weighted by Gasteiger charge is 2.29. The molecular formula is C20H19N3O. The zero-order valence-electron chi connectivity index (χ0n) is 13.7. The maximum absolute atomic E-state index is 12.5. The van der Waals surface area contributed by atoms with Crippen molar-refractivity contribution in [3.8, 4) is 17.2 Å². The summed E-state index contributed by atoms with van der Waals surface area (Å²) < 4.78 is 0. The van der Waals surface area contributed by atoms with E-state index in [2.05, 4.69) is 31.0 Å². The molecule has 120 valence electrons. The first-order valence-electron chi connectivity index (χ1n) is 7.97. The molecule has 2 aromatic carbocycles. The first-order chi connectivity index (χ1) is 11.6. The molecule has 1 heterocycles. The molecule has 24 heavy (non-hydrogen) atoms. The third-order valence-corrected chi connectivity index (χ3v) is 4.16. The minimum absolute atomic E-state index is 0.0347. The van der Waals surface area contributed by atoms with E-state index in [-0.39, 0.29) is 12.5 Å². The summed E-state index contributed by atoms with van der Waals surface area (Å²) in [6, 6.07) is 16.0. The summed E-state index contributed by atoms with van der Waals surface area (Å²) in [6.07, 6.45) is 0. The summed E-state index contributed by atoms with van der Waals surface area (Å²) in [5.41, 5.74) is 5.36. The molecule has 0 bridgehead atoms. The van der Waals surface area contributed by atoms with Gasteiger partial charge in [0, 0.05) is 29.9 Å². The maximum Gasteiger partial charge on any atom is 0.254 e. The number of hydrogen-bond donors (Lipinski definition) is 1. The van der Waals surface area contributed by atoms with Crippen LogP contribution in [-0.2, 0) is 6.54 Å². The SMILES string of the molecule is C=C(C#N)CN1Cc2c(cccc2-c2ccc(NCC)cc2)C1=O. The normalized spacial score (nSPS) is 12.7. The second-order valence-electron chi connectivity index (χ2n) is 5.82. The third-order valence-electron chi connectivity index (χ3n) is 4.16. The molecule has 4 heteroatoms. The Morgan fingerprint density at radius 1 is 1.25 bits per heavy atom. The molecule has 0 unspecified atom stereocenters. The summed E-state index contributed by atoms with van der Waals surface area (Å²) in [6.45, 7) is 7.42. The van der Waals surface area contributed by atoms with Gasteiger partial charge in [0.25, 0.3) is 5.91 Å². The Labute approximate surface area is 142 Å². The molecule has 1 amide bonds. The molecule has 4 nitrogen and oxygen atoms in total. The molecule has 0 aromatic heterocycles. The summed E-state index contributed by atoms with van der Waals surface area (Å²) in [4.78, 5) is 14.2. The fourth-order valence-corrected chi connectivity index (χ4v) is 3.03. The van der Waals surface area contributed by atoms with Gasteiger partial charge in [-0.2, -0.15) is 5.26 Å². The van der Waals surface area contributed by atoms with Gasteiger partial charge in [-0.15, -0.1) is 0 Å². The van der Waals surface area contributed by atoms with Gasteiger partial charge in [0.1, 0.15) is 0 Å². The quantitative estimate of drug-likeness (QED) is 0.853. The lowest BCUT2D eigenvalue weighted by molar-refractivity contribution is 0.0794. The second-order valence-corrected chi connectivity index (χ2v) is 5.82. The number of fused-ring (bicyclic) bond motifs is 1. The average molecular weight is 317 g/mol. The molecule has 1 aliphatic rings. The Morgan fingerprint density at radius 2 is 1.96 bits per heavy atom. The number of nitriles is 1. The second kappa shape index (κ2) is 6.59. The van der Waals surface area contributed by atoms with Gasteiger partial charge in [0.05, 0.1) is 12.6 Å². The maximum atomic E-state index is 12.5. The molecule has 1 aliphatic heterocycles. The van der Waals surface area contributed by atoms with Crippen molar-refractivity contribution in [2.24, 2.45) is 0 Å². The van der Waals surface area contributed by atoms with E-state index in [1.165, 1.54) is 0 Å². The van der Waals surface area contributed by atoms with E-state index in [0.717, 1.165) is 28.9 Å². The molecule has 0 aliphatic carbocycles. The van der Waals surface area contributed by atoms with Crippen molar-refractivity contribution in [1.29, 1.82) is 5.26 Å². The van der Waals surface area contributed by atoms with E-state index in [1.54, 1.807) is 4.90 Å². The van der Waals surface area contributed by atoms with Crippen molar-refractivity contribution in [2.45, 2.75) is 13.5 Å². The Bertz CT molecular complexity index is 831. The van der Waals surface area contributed by atoms with Crippen molar-refractivity contribution in [3.63, 3.8) is 0 Å². The van der Waals surface area contributed by atoms with Gasteiger partial charge in [-0.25, -0.2) is 0 Å². The number of amides is 1. The van der Waals surface area contributed by atoms with Crippen LogP contribution in [0, 0.1) is 11.3 Å². The van der Waals surface area contributed by atoms with E-state index in [0.29, 0.717) is 17.7 Å². The molecule has 0 atom stereocenters. The number of carbonyl (C=O) groups excluding carboxylic acids is 1. The Hall–Kier alpha value is -3.06. The average Bonchev–Trinajstić information content (AvgIpc) is 2.92. The largest absolute Gasteiger partial charge is 0.385 e. The lowest BCUT2D eigenvalue weighted by atomic mass is 9.97. The van der Waals surface area contributed by atoms with E-state index < -0.39 is 0 Å². The number of hydrogen-bond acceptors (Lipinski definition) is 3. The molecule has 0 spiro atoms. The number of rotatable bonds is 5. The van der Waals surface area contributed by atoms with Crippen LogP contribution in [0.5, 0.6) is 0 Å². The highest BCUT2D eigenvalue weighted by Crippen LogP contribution is 2.33. The van der Waals surface area contributed by atoms with Gasteiger partial charge in [0.2, 0.25) is 0 Å². The number of anilines is 1. The van der Waals surface area contributed by atoms with Crippen molar-refractivity contribution >= 4 is 11.6 Å². The van der Waals surface area contributed by atoms with E-state index in [1.807, 2.05) is 36.4 Å². The summed E-state index contributed by atoms with van der Waals surface area (Å²) in [7, 11) is 0. The lowest BCUT2D eigenvalue weighted by Crippen LogP contribution is -2.25. The van der Waals surface area contributed by atoms with Crippen LogP contribution >= 0.6 is 0 Å². The van der Waals surface area contributed by atoms with E-state index in [9.17, 15) is 4.79 Å². The topological polar surface area (TPSA) is 56.1 Å². The first kappa shape index (κ1) is 15.8. The molecule has 0 saturated heterocycles. The molecule has 1 N–H and O–H groups in total. The first-order valence-corrected chi connectivity index (χ1v) is 7.97. The highest BCUT2D eigenvalue weighted by atomic mass is 16.2. The Balaban J connectivity index is 1.93. The van der Waals surface area contributed by atoms with Crippen LogP contribution in [0.15, 0.2) is 54.6 Å². The molecule has 0 saturated carbocycles. The summed E-state index contributed by atoms with van der Waals surface area (Å²) in [5, 5.41) is 12.2. The zero-order valence-corrected chi connectivity index (χ0v) is 13.7. The van der Waals surface area contributed by atoms with E-state index >= 15 is 0 Å². The lowest BCUT2D eigenvalue weighted by Gasteiger charge is -2.14. The van der Waals surface area contributed by atoms with Crippen LogP contribution in [0.25, 0.3) is 11.1 Å². The van der Waals surface area contributed by atoms with Crippen LogP contribution in [0.4, 0.5) is 5.69 Å². The van der Waals surface area contributed by atoms with Crippen molar-refractivity contribution < 1.29 is 4.79 Å². The van der Waals surface area contributed by atoms with Crippen molar-refractivity contribution in [3.05, 3.63) is 65.7 Å². The third kappa shape index (κ3) is 2.89. The summed E-state index contributed by atoms with van der Waals surface area (Å²) >= 11 is 0. The van der Waals surface area contributed by atoms with Crippen molar-refractivity contribution in [2.75, 3.05) is 18.4 Å². The van der Waals surface area contributed by atoms with Gasteiger partial charge in [-0.1, -0.05) is 30.8 Å². The van der Waals surface area contributed by atoms with Crippen LogP contribution in [0.1, 0.15) is 22.8 Å². The van der Waals surface area contributed by atoms with Crippen molar-refractivity contribution in [1.82, 2.24) is 4.90 Å². The van der Waals surface area contributed by atoms with Gasteiger partial charge >= 0.3 is 0 Å². The van der Waals surface area contributed by atoms with E-state index in [4.69, 9.17) is 5.26 Å². The summed E-state index contributed by atoms with van der Waals surface area (Å²) in [5.74, 6) is -0.0347. The Kier molecular flexibility index (Phi) is 4.35. The zero-order chi connectivity index (χ0) is 17.1. The number of carbonyl (C=O) groups is 1. The predicted molar refractivity (Wildman–Crippen MR) is 95.5 cm³/mol. The molecular weight excluding hydrogens is 298 g/mol. The molecule has 0 radical (unpaired) electrons. The minimum atomic E-state index is -0.0347. The molecule has 3 rings (SSSR count). The van der Waals surface area contributed by atoms with Crippen LogP contribution < -0.4 is 5.32 Å². The van der Waals surface area contributed by atoms with Gasteiger partial charge in [-0.3, -0.25) is 4.79 Å². The Morgan fingerprint density at radius 3 is 2.62 bits per heavy atom. The van der Waals surface area contributed by atoms with Gasteiger partial charge in [0.15, 0.2) is 0 Å². The number of nitrogens with one attached hydrogen (secondary N) is 1. The van der Waals surface area contributed by atoms with Gasteiger partial charge in [-0.05, 0) is 41.8 Å². The van der Waals surface area contributed by atoms with Gasteiger partial charge < -0.3 is 10.2 Å². The fraction of sp³-hybridized carbons (Fsp3) is 0.200. The monoisotopic (exact) mass is 317 g/mol. The van der Waals surface area contributed by atoms with Crippen LogP contribution in [-0.4, -0.2) is 23.9 Å². The number of benzene rings is 2. The molecule has 0 fully saturated rings. The smallest absolute Gasteiger partial charge is 0.254 e. The fourth-order valence-electron chi connectivity index (χ4n) is 3.03. The standard InChI is InChI=1S/C20H19N3O/c1-3-22-16-9-7-15(8-10-16)17-5-4-6-18-19(17)13-23(20(18)24)12-14(2)11-21/h4-10,22H,2-3,12-13H2,1H3. The molecule has 2 aromatic rings. The minimum Gasteiger partial charge on any atom is -0.385 e. The van der Waals surface area contributed by atoms with Crippen LogP contribution in [0.3, 0.4) is 0 Å². The number of nitrogens with zero attached hydrogens (tertiary/aromatic N) is 2. The van der Waals surface area contributed by atoms with Crippen LogP contribution in [0.2, 0.25) is 0 Å². The highest BCUT2D eigenvalue weighted by molar-refractivity contribution is 6.00.